The molecule has 6 heteroatoms. The number of guanidine groups is 1. The number of hydrogen-bond donors (Lipinski definition) is 1. The van der Waals surface area contributed by atoms with Crippen LogP contribution in [-0.2, 0) is 0 Å². The van der Waals surface area contributed by atoms with Crippen LogP contribution >= 0.6 is 0 Å². The normalized spacial score (nSPS) is 28.9. The summed E-state index contributed by atoms with van der Waals surface area (Å²) in [5.74, 6) is 2.30. The molecule has 2 aliphatic heterocycles. The summed E-state index contributed by atoms with van der Waals surface area (Å²) in [6.07, 6.45) is 4.71. The van der Waals surface area contributed by atoms with E-state index in [-0.39, 0.29) is 5.91 Å². The van der Waals surface area contributed by atoms with Gasteiger partial charge in [0.2, 0.25) is 5.96 Å². The van der Waals surface area contributed by atoms with Gasteiger partial charge in [-0.05, 0) is 19.8 Å². The zero-order valence-electron chi connectivity index (χ0n) is 11.2. The van der Waals surface area contributed by atoms with Crippen molar-refractivity contribution in [3.63, 3.8) is 0 Å². The number of anilines is 1. The molecule has 1 aromatic heterocycles. The second-order valence-electron chi connectivity index (χ2n) is 5.60. The highest BCUT2D eigenvalue weighted by Crippen LogP contribution is 2.38. The smallest absolute Gasteiger partial charge is 0.280 e. The van der Waals surface area contributed by atoms with Crippen molar-refractivity contribution in [2.75, 3.05) is 11.9 Å². The highest BCUT2D eigenvalue weighted by Gasteiger charge is 2.46. The van der Waals surface area contributed by atoms with Crippen molar-refractivity contribution in [2.24, 2.45) is 4.99 Å². The molecule has 3 heterocycles. The Morgan fingerprint density at radius 3 is 2.95 bits per heavy atom. The number of hydrogen-bond acceptors (Lipinski definition) is 4. The molecule has 0 radical (unpaired) electrons. The molecule has 0 aromatic carbocycles. The molecule has 1 aromatic rings. The number of aryl methyl sites for hydroxylation is 1. The Labute approximate surface area is 111 Å². The molecule has 2 atom stereocenters. The van der Waals surface area contributed by atoms with Crippen LogP contribution in [0, 0.1) is 6.92 Å². The van der Waals surface area contributed by atoms with E-state index >= 15 is 0 Å². The van der Waals surface area contributed by atoms with E-state index < -0.39 is 0 Å². The summed E-state index contributed by atoms with van der Waals surface area (Å²) in [5, 5.41) is 0. The van der Waals surface area contributed by atoms with Crippen LogP contribution in [0.2, 0.25) is 0 Å². The van der Waals surface area contributed by atoms with Crippen LogP contribution in [0.5, 0.6) is 0 Å². The summed E-state index contributed by atoms with van der Waals surface area (Å²) in [7, 11) is 1.80. The van der Waals surface area contributed by atoms with Crippen LogP contribution in [-0.4, -0.2) is 45.9 Å². The molecule has 1 fully saturated rings. The minimum Gasteiger partial charge on any atom is -0.336 e. The number of fused-ring (bicyclic) bond motifs is 5. The summed E-state index contributed by atoms with van der Waals surface area (Å²) in [4.78, 5) is 28.5. The highest BCUT2D eigenvalue weighted by atomic mass is 16.2. The minimum absolute atomic E-state index is 0.0377. The van der Waals surface area contributed by atoms with Gasteiger partial charge in [-0.2, -0.15) is 0 Å². The molecule has 0 unspecified atom stereocenters. The van der Waals surface area contributed by atoms with Crippen molar-refractivity contribution in [3.8, 4) is 0 Å². The summed E-state index contributed by atoms with van der Waals surface area (Å²) in [6, 6.07) is 0.697. The Balaban J connectivity index is 1.87. The second-order valence-corrected chi connectivity index (χ2v) is 5.60. The Morgan fingerprint density at radius 1 is 1.32 bits per heavy atom. The third-order valence-electron chi connectivity index (χ3n) is 4.37. The molecule has 1 saturated carbocycles. The van der Waals surface area contributed by atoms with Gasteiger partial charge in [0.05, 0.1) is 12.1 Å². The zero-order chi connectivity index (χ0) is 13.1. The number of nitrogens with one attached hydrogen (secondary N) is 1. The van der Waals surface area contributed by atoms with Crippen molar-refractivity contribution in [2.45, 2.75) is 44.7 Å². The Kier molecular flexibility index (Phi) is 2.08. The summed E-state index contributed by atoms with van der Waals surface area (Å²) < 4.78 is 0. The van der Waals surface area contributed by atoms with Crippen LogP contribution in [0.25, 0.3) is 0 Å². The van der Waals surface area contributed by atoms with Crippen LogP contribution in [0.1, 0.15) is 42.0 Å². The Morgan fingerprint density at radius 2 is 2.11 bits per heavy atom. The van der Waals surface area contributed by atoms with Gasteiger partial charge in [-0.3, -0.25) is 14.6 Å². The average molecular weight is 259 g/mol. The van der Waals surface area contributed by atoms with Crippen LogP contribution < -0.4 is 4.90 Å². The first-order chi connectivity index (χ1) is 9.16. The van der Waals surface area contributed by atoms with Gasteiger partial charge in [-0.25, -0.2) is 9.98 Å². The van der Waals surface area contributed by atoms with E-state index in [1.807, 2.05) is 6.92 Å². The topological polar surface area (TPSA) is 64.6 Å². The molecule has 19 heavy (non-hydrogen) atoms. The fraction of sp³-hybridized carbons (Fsp3) is 0.615. The molecule has 1 aliphatic carbocycles. The maximum absolute atomic E-state index is 12.3. The summed E-state index contributed by atoms with van der Waals surface area (Å²) in [6.45, 7) is 1.89. The van der Waals surface area contributed by atoms with E-state index in [1.54, 1.807) is 11.9 Å². The predicted molar refractivity (Wildman–Crippen MR) is 71.4 cm³/mol. The monoisotopic (exact) mass is 259 g/mol. The summed E-state index contributed by atoms with van der Waals surface area (Å²) in [5.41, 5.74) is 0.602. The number of aliphatic imine (C=N–C) groups is 1. The lowest BCUT2D eigenvalue weighted by molar-refractivity contribution is 0.0859. The van der Waals surface area contributed by atoms with Crippen LogP contribution in [0.3, 0.4) is 0 Å². The standard InChI is InChI=1S/C13H17N5O/c1-7-14-10-11(15-7)18-9-6-4-3-5-8(9)16-13(18)17(2)12(10)19/h8-9H,3-6H2,1-2H3,(H,14,15)/t8-,9+/m1/s1. The van der Waals surface area contributed by atoms with Gasteiger partial charge in [0, 0.05) is 7.05 Å². The largest absolute Gasteiger partial charge is 0.336 e. The molecule has 1 amide bonds. The van der Waals surface area contributed by atoms with E-state index in [2.05, 4.69) is 14.9 Å². The van der Waals surface area contributed by atoms with Gasteiger partial charge >= 0.3 is 0 Å². The van der Waals surface area contributed by atoms with E-state index in [0.717, 1.165) is 30.4 Å². The summed E-state index contributed by atoms with van der Waals surface area (Å²) >= 11 is 0. The van der Waals surface area contributed by atoms with Crippen LogP contribution in [0.4, 0.5) is 5.82 Å². The third-order valence-corrected chi connectivity index (χ3v) is 4.37. The first-order valence-corrected chi connectivity index (χ1v) is 6.88. The van der Waals surface area contributed by atoms with Gasteiger partial charge in [0.25, 0.3) is 5.91 Å². The second kappa shape index (κ2) is 3.59. The number of H-pyrrole nitrogens is 1. The number of imidazole rings is 1. The van der Waals surface area contributed by atoms with E-state index in [1.165, 1.54) is 12.8 Å². The number of aromatic amines is 1. The lowest BCUT2D eigenvalue weighted by Crippen LogP contribution is -2.52. The number of amides is 1. The van der Waals surface area contributed by atoms with Gasteiger partial charge < -0.3 is 4.98 Å². The maximum Gasteiger partial charge on any atom is 0.280 e. The minimum atomic E-state index is -0.0377. The van der Waals surface area contributed by atoms with Gasteiger partial charge in [-0.1, -0.05) is 12.8 Å². The number of aromatic nitrogens is 2. The first-order valence-electron chi connectivity index (χ1n) is 6.88. The number of nitrogens with zero attached hydrogens (tertiary/aromatic N) is 4. The SMILES string of the molecule is Cc1nc2c([nH]1)C(=O)N(C)C1=N[C@@H]3CCCC[C@@H]3N12. The average Bonchev–Trinajstić information content (AvgIpc) is 2.96. The zero-order valence-corrected chi connectivity index (χ0v) is 11.2. The fourth-order valence-electron chi connectivity index (χ4n) is 3.46. The molecular weight excluding hydrogens is 242 g/mol. The predicted octanol–water partition coefficient (Wildman–Crippen LogP) is 1.29. The molecule has 4 rings (SSSR count). The van der Waals surface area contributed by atoms with E-state index in [4.69, 9.17) is 4.99 Å². The van der Waals surface area contributed by atoms with Crippen molar-refractivity contribution in [3.05, 3.63) is 11.5 Å². The Hall–Kier alpha value is -1.85. The number of carbonyl (C=O) groups excluding carboxylic acids is 1. The van der Waals surface area contributed by atoms with Crippen molar-refractivity contribution in [1.82, 2.24) is 14.9 Å². The lowest BCUT2D eigenvalue weighted by atomic mass is 9.90. The molecule has 100 valence electrons. The molecule has 0 spiro atoms. The molecule has 1 N–H and O–H groups in total. The molecular formula is C13H17N5O. The number of carbonyl (C=O) groups is 1. The molecule has 6 nitrogen and oxygen atoms in total. The first kappa shape index (κ1) is 11.0. The van der Waals surface area contributed by atoms with Crippen molar-refractivity contribution < 1.29 is 4.79 Å². The van der Waals surface area contributed by atoms with Gasteiger partial charge in [-0.15, -0.1) is 0 Å². The van der Waals surface area contributed by atoms with Crippen molar-refractivity contribution >= 4 is 17.7 Å². The quantitative estimate of drug-likeness (QED) is 0.763. The third kappa shape index (κ3) is 1.34. The number of rotatable bonds is 0. The fourth-order valence-corrected chi connectivity index (χ4v) is 3.46. The van der Waals surface area contributed by atoms with Gasteiger partial charge in [0.15, 0.2) is 5.82 Å². The molecule has 0 saturated heterocycles. The van der Waals surface area contributed by atoms with E-state index in [0.29, 0.717) is 17.8 Å². The Bertz CT molecular complexity index is 590. The van der Waals surface area contributed by atoms with Crippen LogP contribution in [0.15, 0.2) is 4.99 Å². The van der Waals surface area contributed by atoms with Gasteiger partial charge in [0.1, 0.15) is 11.5 Å². The lowest BCUT2D eigenvalue weighted by Gasteiger charge is -2.36. The highest BCUT2D eigenvalue weighted by molar-refractivity contribution is 6.18. The molecule has 0 bridgehead atoms. The molecule has 3 aliphatic rings. The maximum atomic E-state index is 12.3. The van der Waals surface area contributed by atoms with Crippen molar-refractivity contribution in [1.29, 1.82) is 0 Å². The van der Waals surface area contributed by atoms with E-state index in [9.17, 15) is 4.79 Å².